The molecule has 0 amide bonds. The minimum absolute atomic E-state index is 0.0139. The fourth-order valence-electron chi connectivity index (χ4n) is 0.237. The predicted molar refractivity (Wildman–Crippen MR) is 26.2 cm³/mol. The second-order valence-electron chi connectivity index (χ2n) is 1.56. The molecule has 3 heteroatoms. The molecule has 0 aromatic heterocycles. The van der Waals surface area contributed by atoms with Gasteiger partial charge in [0.15, 0.2) is 0 Å². The van der Waals surface area contributed by atoms with Crippen LogP contribution in [0.15, 0.2) is 0 Å². The van der Waals surface area contributed by atoms with E-state index in [0.717, 1.165) is 6.42 Å². The first-order valence-corrected chi connectivity index (χ1v) is 3.07. The molecule has 2 nitrogen and oxygen atoms in total. The predicted octanol–water partition coefficient (Wildman–Crippen LogP) is 1.47. The third-order valence-electron chi connectivity index (χ3n) is 0.866. The summed E-state index contributed by atoms with van der Waals surface area (Å²) in [5.41, 5.74) is 0. The number of carbonyl (C=O) groups is 1. The summed E-state index contributed by atoms with van der Waals surface area (Å²) in [5, 5.41) is 0. The fourth-order valence-corrected chi connectivity index (χ4v) is 0.459. The van der Waals surface area contributed by atoms with Gasteiger partial charge in [0, 0.05) is 0 Å². The molecule has 0 saturated carbocycles. The Morgan fingerprint density at radius 1 is 1.88 bits per heavy atom. The van der Waals surface area contributed by atoms with Gasteiger partial charge in [-0.3, -0.25) is 0 Å². The van der Waals surface area contributed by atoms with Crippen LogP contribution < -0.4 is 0 Å². The molecule has 0 aromatic carbocycles. The number of hydrogen-bond acceptors (Lipinski definition) is 2. The zero-order valence-corrected chi connectivity index (χ0v) is 6.06. The summed E-state index contributed by atoms with van der Waals surface area (Å²) in [6.45, 7) is 3.79. The summed E-state index contributed by atoms with van der Waals surface area (Å²) in [4.78, 5) is 9.63. The summed E-state index contributed by atoms with van der Waals surface area (Å²) in [6.07, 6.45) is 0.862. The van der Waals surface area contributed by atoms with Gasteiger partial charge in [0.05, 0.1) is 0 Å². The molecule has 0 bridgehead atoms. The molecule has 0 rings (SSSR count). The van der Waals surface area contributed by atoms with Crippen LogP contribution in [0.2, 0.25) is 0 Å². The maximum atomic E-state index is 10.1. The zero-order chi connectivity index (χ0) is 6.57. The molecular weight excluding hydrogens is 148 g/mol. The van der Waals surface area contributed by atoms with Gasteiger partial charge in [-0.15, -0.1) is 0 Å². The van der Waals surface area contributed by atoms with Crippen LogP contribution in [0.3, 0.4) is 0 Å². The van der Waals surface area contributed by atoms with Gasteiger partial charge >= 0.3 is 56.8 Å². The fraction of sp³-hybridized carbons (Fsp3) is 0.800. The standard InChI is InChI=1S/C5H9O2.Fe/c1-3-5(2)7-4-6;/h5H,3H2,1-2H3;. The first kappa shape index (κ1) is 7.99. The van der Waals surface area contributed by atoms with E-state index in [-0.39, 0.29) is 6.10 Å². The van der Waals surface area contributed by atoms with Crippen molar-refractivity contribution in [2.24, 2.45) is 0 Å². The minimum atomic E-state index is -0.445. The quantitative estimate of drug-likeness (QED) is 0.567. The molecule has 0 aromatic rings. The second kappa shape index (κ2) is 3.93. The SMILES string of the molecule is CCC(C)O[C](=O)[Fe]. The van der Waals surface area contributed by atoms with E-state index in [4.69, 9.17) is 0 Å². The number of carbonyl (C=O) groups excluding carboxylic acids is 1. The monoisotopic (exact) mass is 157 g/mol. The van der Waals surface area contributed by atoms with Crippen LogP contribution in [0.4, 0.5) is 4.79 Å². The molecule has 8 heavy (non-hydrogen) atoms. The molecule has 0 radical (unpaired) electrons. The number of ether oxygens (including phenoxy) is 1. The maximum absolute atomic E-state index is 10.1. The van der Waals surface area contributed by atoms with Gasteiger partial charge in [0.1, 0.15) is 0 Å². The van der Waals surface area contributed by atoms with Gasteiger partial charge in [0.2, 0.25) is 0 Å². The van der Waals surface area contributed by atoms with Crippen molar-refractivity contribution >= 4 is 4.87 Å². The van der Waals surface area contributed by atoms with Gasteiger partial charge in [-0.25, -0.2) is 0 Å². The van der Waals surface area contributed by atoms with Crippen molar-refractivity contribution in [3.05, 3.63) is 0 Å². The Bertz CT molecular complexity index is 82.5. The van der Waals surface area contributed by atoms with Crippen LogP contribution in [0.5, 0.6) is 0 Å². The van der Waals surface area contributed by atoms with E-state index in [0.29, 0.717) is 0 Å². The summed E-state index contributed by atoms with van der Waals surface area (Å²) in [5.74, 6) is 0. The van der Waals surface area contributed by atoms with Gasteiger partial charge in [-0.05, 0) is 0 Å². The average Bonchev–Trinajstić information content (AvgIpc) is 1.65. The Hall–Kier alpha value is -0.0105. The van der Waals surface area contributed by atoms with Gasteiger partial charge < -0.3 is 0 Å². The molecule has 1 atom stereocenters. The Balaban J connectivity index is 3.24. The molecule has 0 fully saturated rings. The molecule has 0 saturated heterocycles. The Labute approximate surface area is 57.4 Å². The summed E-state index contributed by atoms with van der Waals surface area (Å²) < 4.78 is 4.65. The molecular formula is C5H9FeO2. The van der Waals surface area contributed by atoms with E-state index in [1.54, 1.807) is 0 Å². The third-order valence-corrected chi connectivity index (χ3v) is 0.996. The van der Waals surface area contributed by atoms with E-state index in [1.165, 1.54) is 0 Å². The van der Waals surface area contributed by atoms with Crippen LogP contribution in [0.1, 0.15) is 20.3 Å². The van der Waals surface area contributed by atoms with Crippen molar-refractivity contribution in [3.63, 3.8) is 0 Å². The molecule has 0 aliphatic carbocycles. The molecule has 0 spiro atoms. The molecule has 0 aliphatic heterocycles. The van der Waals surface area contributed by atoms with Crippen molar-refractivity contribution in [3.8, 4) is 0 Å². The average molecular weight is 157 g/mol. The van der Waals surface area contributed by atoms with E-state index >= 15 is 0 Å². The van der Waals surface area contributed by atoms with Crippen LogP contribution in [-0.4, -0.2) is 11.0 Å². The van der Waals surface area contributed by atoms with Crippen LogP contribution in [-0.2, 0) is 20.7 Å². The van der Waals surface area contributed by atoms with Gasteiger partial charge in [-0.2, -0.15) is 0 Å². The second-order valence-corrected chi connectivity index (χ2v) is 2.02. The normalized spacial score (nSPS) is 12.9. The van der Waals surface area contributed by atoms with Crippen molar-refractivity contribution in [1.29, 1.82) is 0 Å². The Morgan fingerprint density at radius 2 is 2.38 bits per heavy atom. The van der Waals surface area contributed by atoms with Crippen molar-refractivity contribution in [1.82, 2.24) is 0 Å². The van der Waals surface area contributed by atoms with E-state index in [2.05, 4.69) is 20.7 Å². The summed E-state index contributed by atoms with van der Waals surface area (Å²) in [7, 11) is 0. The topological polar surface area (TPSA) is 26.3 Å². The van der Waals surface area contributed by atoms with Crippen molar-refractivity contribution in [2.75, 3.05) is 0 Å². The molecule has 0 N–H and O–H groups in total. The zero-order valence-electron chi connectivity index (χ0n) is 4.95. The number of hydrogen-bond donors (Lipinski definition) is 0. The van der Waals surface area contributed by atoms with Crippen molar-refractivity contribution < 1.29 is 25.5 Å². The van der Waals surface area contributed by atoms with Crippen LogP contribution >= 0.6 is 0 Å². The molecule has 0 aliphatic rings. The van der Waals surface area contributed by atoms with Crippen LogP contribution in [0.25, 0.3) is 0 Å². The Morgan fingerprint density at radius 3 is 2.50 bits per heavy atom. The first-order chi connectivity index (χ1) is 3.66. The van der Waals surface area contributed by atoms with Gasteiger partial charge in [-0.1, -0.05) is 0 Å². The summed E-state index contributed by atoms with van der Waals surface area (Å²) >= 11 is 3.07. The molecule has 0 heterocycles. The third kappa shape index (κ3) is 4.16. The van der Waals surface area contributed by atoms with Gasteiger partial charge in [0.25, 0.3) is 0 Å². The van der Waals surface area contributed by atoms with E-state index < -0.39 is 4.87 Å². The Kier molecular flexibility index (Phi) is 3.92. The van der Waals surface area contributed by atoms with Crippen LogP contribution in [0, 0.1) is 0 Å². The van der Waals surface area contributed by atoms with E-state index in [9.17, 15) is 4.79 Å². The van der Waals surface area contributed by atoms with Crippen molar-refractivity contribution in [2.45, 2.75) is 26.4 Å². The van der Waals surface area contributed by atoms with E-state index in [1.807, 2.05) is 13.8 Å². The number of rotatable bonds is 2. The summed E-state index contributed by atoms with van der Waals surface area (Å²) in [6, 6.07) is 0. The molecule has 1 unspecified atom stereocenters. The first-order valence-electron chi connectivity index (χ1n) is 2.51. The molecule has 49 valence electrons.